The molecule has 0 spiro atoms. The number of nitrogens with one attached hydrogen (secondary N) is 1. The molecule has 8 nitrogen and oxygen atoms in total. The zero-order valence-corrected chi connectivity index (χ0v) is 21.4. The molecule has 192 valence electrons. The monoisotopic (exact) mass is 577 g/mol. The van der Waals surface area contributed by atoms with Crippen LogP contribution in [-0.2, 0) is 27.4 Å². The number of aliphatic hydroxyl groups is 1. The number of hydrogen-bond donors (Lipinski definition) is 2. The fourth-order valence-electron chi connectivity index (χ4n) is 3.76. The van der Waals surface area contributed by atoms with Gasteiger partial charge in [0.1, 0.15) is 17.8 Å². The zero-order chi connectivity index (χ0) is 28.5. The third-order valence-corrected chi connectivity index (χ3v) is 6.72. The van der Waals surface area contributed by atoms with Crippen LogP contribution in [-0.4, -0.2) is 39.1 Å². The van der Waals surface area contributed by atoms with Crippen LogP contribution in [0.2, 0.25) is 20.1 Å². The van der Waals surface area contributed by atoms with E-state index in [1.54, 1.807) is 30.3 Å². The van der Waals surface area contributed by atoms with Crippen molar-refractivity contribution in [3.8, 4) is 0 Å². The number of ether oxygens (including phenoxy) is 3. The fourth-order valence-corrected chi connectivity index (χ4v) is 4.68. The summed E-state index contributed by atoms with van der Waals surface area (Å²) in [6.07, 6.45) is -3.46. The highest BCUT2D eigenvalue weighted by Crippen LogP contribution is 2.40. The van der Waals surface area contributed by atoms with Crippen molar-refractivity contribution < 1.29 is 23.4 Å². The Morgan fingerprint density at radius 2 is 1.69 bits per heavy atom. The van der Waals surface area contributed by atoms with Gasteiger partial charge < -0.3 is 19.3 Å². The summed E-state index contributed by atoms with van der Waals surface area (Å²) in [5.74, 6) is 0. The van der Waals surface area contributed by atoms with E-state index in [1.807, 2.05) is 4.98 Å². The van der Waals surface area contributed by atoms with Crippen LogP contribution in [0.4, 0.5) is 0 Å². The Kier molecular flexibility index (Phi) is 7.26. The van der Waals surface area contributed by atoms with E-state index in [-0.39, 0.29) is 24.8 Å². The van der Waals surface area contributed by atoms with E-state index >= 15 is 0 Å². The largest absolute Gasteiger partial charge is 0.383 e. The second kappa shape index (κ2) is 11.2. The first-order valence-corrected chi connectivity index (χ1v) is 12.1. The summed E-state index contributed by atoms with van der Waals surface area (Å²) in [6, 6.07) is 10.5. The van der Waals surface area contributed by atoms with Crippen molar-refractivity contribution in [2.75, 3.05) is 6.61 Å². The van der Waals surface area contributed by atoms with Gasteiger partial charge >= 0.3 is 5.69 Å². The number of rotatable bonds is 8. The van der Waals surface area contributed by atoms with Crippen LogP contribution in [0, 0.1) is 0 Å². The zero-order valence-electron chi connectivity index (χ0n) is 21.4. The molecule has 2 N–H and O–H groups in total. The Morgan fingerprint density at radius 1 is 1.06 bits per heavy atom. The molecular formula is C24H22Cl4N2O6. The highest BCUT2D eigenvalue weighted by Gasteiger charge is 2.55. The molecular weight excluding hydrogens is 554 g/mol. The maximum absolute atomic E-state index is 12.6. The first kappa shape index (κ1) is 23.3. The van der Waals surface area contributed by atoms with Gasteiger partial charge in [-0.15, -0.1) is 0 Å². The molecule has 0 unspecified atom stereocenters. The average Bonchev–Trinajstić information content (AvgIpc) is 3.12. The van der Waals surface area contributed by atoms with E-state index in [0.717, 1.165) is 16.8 Å². The van der Waals surface area contributed by atoms with Crippen LogP contribution in [0.25, 0.3) is 0 Å². The van der Waals surface area contributed by atoms with E-state index in [4.69, 9.17) is 64.7 Å². The summed E-state index contributed by atoms with van der Waals surface area (Å²) in [6.45, 7) is -3.60. The number of aromatic nitrogens is 2. The summed E-state index contributed by atoms with van der Waals surface area (Å²) in [5.41, 5.74) is -3.38. The van der Waals surface area contributed by atoms with Crippen LogP contribution in [0.3, 0.4) is 0 Å². The van der Waals surface area contributed by atoms with Crippen molar-refractivity contribution in [1.29, 1.82) is 0 Å². The predicted octanol–water partition coefficient (Wildman–Crippen LogP) is 4.60. The van der Waals surface area contributed by atoms with Gasteiger partial charge in [-0.2, -0.15) is 0 Å². The van der Waals surface area contributed by atoms with E-state index in [9.17, 15) is 14.7 Å². The topological polar surface area (TPSA) is 103 Å². The molecule has 2 aromatic carbocycles. The molecule has 1 aromatic heterocycles. The summed E-state index contributed by atoms with van der Waals surface area (Å²) < 4.78 is 42.9. The van der Waals surface area contributed by atoms with Crippen LogP contribution in [0.15, 0.2) is 58.3 Å². The minimum absolute atomic E-state index is 0.00105. The highest BCUT2D eigenvalue weighted by atomic mass is 35.5. The van der Waals surface area contributed by atoms with Crippen molar-refractivity contribution in [3.63, 3.8) is 0 Å². The summed E-state index contributed by atoms with van der Waals surface area (Å²) in [5, 5.41) is 13.2. The van der Waals surface area contributed by atoms with Crippen LogP contribution >= 0.6 is 46.4 Å². The predicted molar refractivity (Wildman–Crippen MR) is 137 cm³/mol. The third-order valence-electron chi connectivity index (χ3n) is 5.54. The second-order valence-corrected chi connectivity index (χ2v) is 9.78. The number of aromatic amines is 1. The lowest BCUT2D eigenvalue weighted by atomic mass is 9.96. The van der Waals surface area contributed by atoms with Gasteiger partial charge in [-0.05, 0) is 42.2 Å². The van der Waals surface area contributed by atoms with E-state index in [1.165, 1.54) is 6.07 Å². The van der Waals surface area contributed by atoms with Crippen LogP contribution < -0.4 is 11.2 Å². The highest BCUT2D eigenvalue weighted by molar-refractivity contribution is 6.35. The summed E-state index contributed by atoms with van der Waals surface area (Å²) >= 11 is 24.4. The number of halogens is 4. The lowest BCUT2D eigenvalue weighted by molar-refractivity contribution is -0.116. The van der Waals surface area contributed by atoms with E-state index in [0.29, 0.717) is 26.2 Å². The van der Waals surface area contributed by atoms with Crippen molar-refractivity contribution in [2.45, 2.75) is 44.1 Å². The Hall–Kier alpha value is -1.88. The summed E-state index contributed by atoms with van der Waals surface area (Å²) in [7, 11) is 0. The lowest BCUT2D eigenvalue weighted by Crippen LogP contribution is -2.48. The minimum atomic E-state index is -3.12. The smallest absolute Gasteiger partial charge is 0.330 e. The molecule has 4 atom stereocenters. The Balaban J connectivity index is 1.67. The quantitative estimate of drug-likeness (QED) is 0.405. The molecule has 12 heteroatoms. The van der Waals surface area contributed by atoms with Crippen molar-refractivity contribution >= 4 is 46.4 Å². The molecule has 36 heavy (non-hydrogen) atoms. The van der Waals surface area contributed by atoms with Gasteiger partial charge in [-0.1, -0.05) is 58.5 Å². The van der Waals surface area contributed by atoms with Crippen molar-refractivity contribution in [2.24, 2.45) is 0 Å². The van der Waals surface area contributed by atoms with Gasteiger partial charge in [0.25, 0.3) is 5.56 Å². The first-order valence-electron chi connectivity index (χ1n) is 12.1. The average molecular weight is 579 g/mol. The van der Waals surface area contributed by atoms with Gasteiger partial charge in [0.2, 0.25) is 0 Å². The van der Waals surface area contributed by atoms with Gasteiger partial charge in [-0.25, -0.2) is 4.79 Å². The Morgan fingerprint density at radius 3 is 2.28 bits per heavy atom. The molecule has 0 saturated carbocycles. The normalized spacial score (nSPS) is 25.4. The van der Waals surface area contributed by atoms with Gasteiger partial charge in [0, 0.05) is 36.5 Å². The van der Waals surface area contributed by atoms with Gasteiger partial charge in [0.15, 0.2) is 6.23 Å². The summed E-state index contributed by atoms with van der Waals surface area (Å²) in [4.78, 5) is 26.2. The molecule has 0 amide bonds. The Labute approximate surface area is 230 Å². The molecule has 1 aliphatic rings. The molecule has 0 bridgehead atoms. The molecule has 2 heterocycles. The number of nitrogens with zero attached hydrogens (tertiary/aromatic N) is 1. The molecule has 0 aliphatic carbocycles. The molecule has 1 fully saturated rings. The third kappa shape index (κ3) is 5.98. The molecule has 3 aromatic rings. The van der Waals surface area contributed by atoms with Crippen LogP contribution in [0.5, 0.6) is 0 Å². The number of benzene rings is 2. The standard InChI is InChI=1S/C24H22Cl4N2O6/c1-24(33)21(35-11-14-3-5-16(26)9-18(14)28)19(12-34-10-13-2-4-15(25)8-17(13)27)36-22(24)30-7-6-20(31)29-23(30)32/h2-9,19,21-22,33H,10-12H2,1H3,(H,29,31,32)/t19-,21-,22-,24-/m1/s1/i1D3. The van der Waals surface area contributed by atoms with Crippen molar-refractivity contribution in [3.05, 3.63) is 101 Å². The van der Waals surface area contributed by atoms with E-state index in [2.05, 4.69) is 0 Å². The van der Waals surface area contributed by atoms with Crippen LogP contribution in [0.1, 0.15) is 28.3 Å². The minimum Gasteiger partial charge on any atom is -0.383 e. The van der Waals surface area contributed by atoms with Crippen molar-refractivity contribution in [1.82, 2.24) is 9.55 Å². The molecule has 1 saturated heterocycles. The number of hydrogen-bond acceptors (Lipinski definition) is 6. The molecule has 4 rings (SSSR count). The molecule has 1 aliphatic heterocycles. The van der Waals surface area contributed by atoms with E-state index < -0.39 is 42.1 Å². The van der Waals surface area contributed by atoms with Gasteiger partial charge in [-0.3, -0.25) is 14.3 Å². The molecule has 0 radical (unpaired) electrons. The fraction of sp³-hybridized carbons (Fsp3) is 0.333. The maximum Gasteiger partial charge on any atom is 0.330 e. The first-order chi connectivity index (χ1) is 18.3. The lowest BCUT2D eigenvalue weighted by Gasteiger charge is -2.30. The van der Waals surface area contributed by atoms with Gasteiger partial charge in [0.05, 0.1) is 19.8 Å². The SMILES string of the molecule is [2H]C([2H])([2H])[C@@]1(O)[C@H](OCc2ccc(Cl)cc2Cl)[C@@H](COCc2ccc(Cl)cc2Cl)O[C@H]1n1ccc(=O)[nH]c1=O. The maximum atomic E-state index is 12.6. The number of H-pyrrole nitrogens is 1. The Bertz CT molecular complexity index is 1470. The second-order valence-electron chi connectivity index (χ2n) is 8.09.